The maximum Gasteiger partial charge on any atom is 0.238 e. The van der Waals surface area contributed by atoms with Gasteiger partial charge in [0.05, 0.1) is 0 Å². The Kier molecular flexibility index (Phi) is 4.12. The molecule has 0 aliphatic heterocycles. The Morgan fingerprint density at radius 3 is 2.68 bits per heavy atom. The molecule has 2 aromatic rings. The monoisotopic (exact) mass is 301 g/mol. The second kappa shape index (κ2) is 5.80. The quantitative estimate of drug-likeness (QED) is 0.738. The molecule has 0 amide bonds. The molecule has 1 heterocycles. The Morgan fingerprint density at radius 2 is 2.05 bits per heavy atom. The van der Waals surface area contributed by atoms with Gasteiger partial charge in [-0.1, -0.05) is 9.59 Å². The average molecular weight is 301 g/mol. The maximum absolute atomic E-state index is 11.6. The number of hydrogen-bond donors (Lipinski definition) is 2. The Bertz CT molecular complexity index is 612. The zero-order chi connectivity index (χ0) is 13.7. The highest BCUT2D eigenvalue weighted by molar-refractivity contribution is 7.92. The van der Waals surface area contributed by atoms with E-state index in [0.29, 0.717) is 11.4 Å². The minimum absolute atomic E-state index is 0.0193. The number of rotatable bonds is 6. The molecule has 0 unspecified atom stereocenters. The lowest BCUT2D eigenvalue weighted by Crippen LogP contribution is -2.21. The van der Waals surface area contributed by atoms with Crippen molar-refractivity contribution in [1.29, 1.82) is 0 Å². The van der Waals surface area contributed by atoms with Crippen LogP contribution >= 0.6 is 11.5 Å². The SMILES string of the molecule is Nc1ccc(OCCS(=O)(=O)Nc2nnns2)cc1. The number of nitrogens with two attached hydrogens (primary N) is 1. The number of aromatic nitrogens is 3. The van der Waals surface area contributed by atoms with Crippen molar-refractivity contribution in [1.82, 2.24) is 14.8 Å². The van der Waals surface area contributed by atoms with Crippen LogP contribution in [0.25, 0.3) is 0 Å². The van der Waals surface area contributed by atoms with Crippen LogP contribution in [0.2, 0.25) is 0 Å². The van der Waals surface area contributed by atoms with Crippen molar-refractivity contribution in [2.45, 2.75) is 0 Å². The fourth-order valence-electron chi connectivity index (χ4n) is 1.19. The van der Waals surface area contributed by atoms with Crippen molar-refractivity contribution in [3.05, 3.63) is 24.3 Å². The molecule has 0 atom stereocenters. The number of hydrogen-bond acceptors (Lipinski definition) is 8. The summed E-state index contributed by atoms with van der Waals surface area (Å²) in [5.74, 6) is 0.360. The molecule has 1 aromatic heterocycles. The van der Waals surface area contributed by atoms with E-state index >= 15 is 0 Å². The molecule has 102 valence electrons. The van der Waals surface area contributed by atoms with Crippen LogP contribution < -0.4 is 15.2 Å². The van der Waals surface area contributed by atoms with E-state index in [1.165, 1.54) is 0 Å². The van der Waals surface area contributed by atoms with Gasteiger partial charge >= 0.3 is 0 Å². The molecular weight excluding hydrogens is 290 g/mol. The first-order valence-corrected chi connectivity index (χ1v) is 7.61. The van der Waals surface area contributed by atoms with Gasteiger partial charge in [-0.2, -0.15) is 0 Å². The molecule has 10 heteroatoms. The summed E-state index contributed by atoms with van der Waals surface area (Å²) in [4.78, 5) is 0. The molecule has 8 nitrogen and oxygen atoms in total. The Labute approximate surface area is 113 Å². The molecule has 0 aliphatic rings. The van der Waals surface area contributed by atoms with E-state index in [2.05, 4.69) is 19.5 Å². The van der Waals surface area contributed by atoms with Crippen LogP contribution in [0.1, 0.15) is 0 Å². The van der Waals surface area contributed by atoms with Crippen LogP contribution in [0.5, 0.6) is 5.75 Å². The van der Waals surface area contributed by atoms with E-state index in [9.17, 15) is 8.42 Å². The topological polar surface area (TPSA) is 120 Å². The summed E-state index contributed by atoms with van der Waals surface area (Å²) in [6.07, 6.45) is 0. The van der Waals surface area contributed by atoms with Gasteiger partial charge in [0, 0.05) is 17.2 Å². The highest BCUT2D eigenvalue weighted by Crippen LogP contribution is 2.13. The molecule has 0 aliphatic carbocycles. The first-order chi connectivity index (χ1) is 9.05. The van der Waals surface area contributed by atoms with E-state index in [4.69, 9.17) is 10.5 Å². The van der Waals surface area contributed by atoms with Gasteiger partial charge in [0.15, 0.2) is 0 Å². The van der Waals surface area contributed by atoms with Gasteiger partial charge in [0.25, 0.3) is 0 Å². The van der Waals surface area contributed by atoms with E-state index in [1.54, 1.807) is 24.3 Å². The van der Waals surface area contributed by atoms with Gasteiger partial charge in [-0.15, -0.1) is 0 Å². The highest BCUT2D eigenvalue weighted by Gasteiger charge is 2.13. The summed E-state index contributed by atoms with van der Waals surface area (Å²) in [6, 6.07) is 6.69. The number of anilines is 2. The molecule has 0 radical (unpaired) electrons. The lowest BCUT2D eigenvalue weighted by Gasteiger charge is -2.07. The van der Waals surface area contributed by atoms with Gasteiger partial charge < -0.3 is 10.5 Å². The van der Waals surface area contributed by atoms with E-state index in [-0.39, 0.29) is 17.5 Å². The third-order valence-corrected chi connectivity index (χ3v) is 3.89. The van der Waals surface area contributed by atoms with Crippen LogP contribution in [0, 0.1) is 0 Å². The van der Waals surface area contributed by atoms with E-state index < -0.39 is 10.0 Å². The minimum atomic E-state index is -3.51. The molecule has 0 saturated heterocycles. The number of benzene rings is 1. The van der Waals surface area contributed by atoms with Crippen molar-refractivity contribution in [3.63, 3.8) is 0 Å². The van der Waals surface area contributed by atoms with Gasteiger partial charge in [-0.25, -0.2) is 8.42 Å². The summed E-state index contributed by atoms with van der Waals surface area (Å²) >= 11 is 0.864. The summed E-state index contributed by atoms with van der Waals surface area (Å²) < 4.78 is 34.3. The van der Waals surface area contributed by atoms with E-state index in [1.807, 2.05) is 0 Å². The minimum Gasteiger partial charge on any atom is -0.492 e. The maximum atomic E-state index is 11.6. The second-order valence-corrected chi connectivity index (χ2v) is 6.08. The largest absolute Gasteiger partial charge is 0.492 e. The van der Waals surface area contributed by atoms with Gasteiger partial charge in [-0.05, 0) is 29.5 Å². The molecule has 0 saturated carbocycles. The number of nitrogens with zero attached hydrogens (tertiary/aromatic N) is 3. The highest BCUT2D eigenvalue weighted by atomic mass is 32.2. The number of nitrogens with one attached hydrogen (secondary N) is 1. The zero-order valence-corrected chi connectivity index (χ0v) is 11.3. The summed E-state index contributed by atoms with van der Waals surface area (Å²) in [7, 11) is -3.51. The molecule has 0 bridgehead atoms. The average Bonchev–Trinajstić information content (AvgIpc) is 2.83. The molecule has 1 aromatic carbocycles. The van der Waals surface area contributed by atoms with E-state index in [0.717, 1.165) is 11.5 Å². The predicted molar refractivity (Wildman–Crippen MR) is 71.5 cm³/mol. The Balaban J connectivity index is 1.83. The summed E-state index contributed by atoms with van der Waals surface area (Å²) in [6.45, 7) is 0.0193. The smallest absolute Gasteiger partial charge is 0.238 e. The first kappa shape index (κ1) is 13.5. The zero-order valence-electron chi connectivity index (χ0n) is 9.68. The first-order valence-electron chi connectivity index (χ1n) is 5.19. The number of sulfonamides is 1. The predicted octanol–water partition coefficient (Wildman–Crippen LogP) is 0.336. The lowest BCUT2D eigenvalue weighted by atomic mass is 10.3. The molecule has 19 heavy (non-hydrogen) atoms. The van der Waals surface area contributed by atoms with Crippen molar-refractivity contribution >= 4 is 32.4 Å². The third-order valence-electron chi connectivity index (χ3n) is 2.04. The number of nitrogen functional groups attached to an aromatic ring is 1. The molecule has 0 fully saturated rings. The second-order valence-electron chi connectivity index (χ2n) is 3.51. The van der Waals surface area contributed by atoms with Crippen molar-refractivity contribution in [2.24, 2.45) is 0 Å². The Morgan fingerprint density at radius 1 is 1.32 bits per heavy atom. The lowest BCUT2D eigenvalue weighted by molar-refractivity contribution is 0.341. The standard InChI is InChI=1S/C9H11N5O3S2/c10-7-1-3-8(4-2-7)17-5-6-19(15,16)12-9-11-13-14-18-9/h1-4H,5-6,10H2,(H,11,12,14). The summed E-state index contributed by atoms with van der Waals surface area (Å²) in [5, 5.41) is 6.91. The molecule has 3 N–H and O–H groups in total. The van der Waals surface area contributed by atoms with Crippen molar-refractivity contribution in [2.75, 3.05) is 22.8 Å². The van der Waals surface area contributed by atoms with Gasteiger partial charge in [0.2, 0.25) is 15.2 Å². The normalized spacial score (nSPS) is 11.2. The van der Waals surface area contributed by atoms with Crippen LogP contribution in [0.3, 0.4) is 0 Å². The van der Waals surface area contributed by atoms with Crippen LogP contribution in [0.15, 0.2) is 24.3 Å². The molecular formula is C9H11N5O3S2. The van der Waals surface area contributed by atoms with Crippen molar-refractivity contribution < 1.29 is 13.2 Å². The van der Waals surface area contributed by atoms with Gasteiger partial charge in [-0.3, -0.25) is 4.72 Å². The van der Waals surface area contributed by atoms with Gasteiger partial charge in [0.1, 0.15) is 18.1 Å². The number of ether oxygens (including phenoxy) is 1. The summed E-state index contributed by atoms with van der Waals surface area (Å²) in [5.41, 5.74) is 6.14. The Hall–Kier alpha value is -1.94. The molecule has 2 rings (SSSR count). The third kappa shape index (κ3) is 4.34. The fourth-order valence-corrected chi connectivity index (χ4v) is 2.66. The fraction of sp³-hybridized carbons (Fsp3) is 0.222. The molecule has 0 spiro atoms. The van der Waals surface area contributed by atoms with Crippen LogP contribution in [-0.2, 0) is 10.0 Å². The van der Waals surface area contributed by atoms with Crippen molar-refractivity contribution in [3.8, 4) is 5.75 Å². The van der Waals surface area contributed by atoms with Crippen LogP contribution in [0.4, 0.5) is 10.8 Å². The van der Waals surface area contributed by atoms with Crippen LogP contribution in [-0.4, -0.2) is 35.6 Å².